The summed E-state index contributed by atoms with van der Waals surface area (Å²) < 4.78 is 4.95. The lowest BCUT2D eigenvalue weighted by molar-refractivity contribution is 0.183. The maximum absolute atomic E-state index is 11.6. The number of urea groups is 1. The Morgan fingerprint density at radius 2 is 2.35 bits per heavy atom. The molecule has 1 rings (SSSR count). The lowest BCUT2D eigenvalue weighted by Crippen LogP contribution is -2.44. The largest absolute Gasteiger partial charge is 0.396 e. The van der Waals surface area contributed by atoms with Crippen LogP contribution in [0.25, 0.3) is 0 Å². The number of carbonyl (C=O) groups excluding carboxylic acids is 1. The van der Waals surface area contributed by atoms with Gasteiger partial charge in [0.1, 0.15) is 0 Å². The van der Waals surface area contributed by atoms with E-state index in [-0.39, 0.29) is 30.6 Å². The van der Waals surface area contributed by atoms with Crippen LogP contribution in [-0.2, 0) is 4.74 Å². The lowest BCUT2D eigenvalue weighted by atomic mass is 10.1. The normalized spacial score (nSPS) is 24.6. The summed E-state index contributed by atoms with van der Waals surface area (Å²) in [7, 11) is 1.64. The molecule has 0 bridgehead atoms. The monoisotopic (exact) mass is 242 g/mol. The molecule has 0 aromatic carbocycles. The first kappa shape index (κ1) is 14.0. The molecular weight excluding hydrogens is 220 g/mol. The van der Waals surface area contributed by atoms with E-state index in [4.69, 9.17) is 9.84 Å². The SMILES string of the molecule is COCCC(C)NC(=O)N[C@@H]1C=C[C@H](CO)C1. The molecule has 5 nitrogen and oxygen atoms in total. The number of hydrogen-bond donors (Lipinski definition) is 3. The molecule has 2 amide bonds. The zero-order chi connectivity index (χ0) is 12.7. The summed E-state index contributed by atoms with van der Waals surface area (Å²) >= 11 is 0. The highest BCUT2D eigenvalue weighted by atomic mass is 16.5. The zero-order valence-corrected chi connectivity index (χ0v) is 10.5. The molecule has 0 fully saturated rings. The zero-order valence-electron chi connectivity index (χ0n) is 10.5. The van der Waals surface area contributed by atoms with Gasteiger partial charge in [0.15, 0.2) is 0 Å². The Morgan fingerprint density at radius 1 is 1.59 bits per heavy atom. The number of amides is 2. The molecule has 0 spiro atoms. The molecule has 3 atom stereocenters. The Morgan fingerprint density at radius 3 is 2.94 bits per heavy atom. The molecule has 1 aliphatic rings. The van der Waals surface area contributed by atoms with Crippen LogP contribution in [0.5, 0.6) is 0 Å². The van der Waals surface area contributed by atoms with Gasteiger partial charge < -0.3 is 20.5 Å². The van der Waals surface area contributed by atoms with E-state index in [1.807, 2.05) is 19.1 Å². The predicted molar refractivity (Wildman–Crippen MR) is 65.7 cm³/mol. The molecular formula is C12H22N2O3. The van der Waals surface area contributed by atoms with E-state index in [2.05, 4.69) is 10.6 Å². The summed E-state index contributed by atoms with van der Waals surface area (Å²) in [6.45, 7) is 2.72. The van der Waals surface area contributed by atoms with Crippen LogP contribution in [0, 0.1) is 5.92 Å². The average molecular weight is 242 g/mol. The average Bonchev–Trinajstić information content (AvgIpc) is 2.73. The number of ether oxygens (including phenoxy) is 1. The molecule has 17 heavy (non-hydrogen) atoms. The molecule has 0 saturated carbocycles. The van der Waals surface area contributed by atoms with Gasteiger partial charge in [-0.1, -0.05) is 12.2 Å². The van der Waals surface area contributed by atoms with Gasteiger partial charge in [0.05, 0.1) is 0 Å². The van der Waals surface area contributed by atoms with Gasteiger partial charge in [-0.05, 0) is 19.8 Å². The number of rotatable bonds is 6. The molecule has 0 aromatic heterocycles. The van der Waals surface area contributed by atoms with Gasteiger partial charge in [-0.3, -0.25) is 0 Å². The molecule has 98 valence electrons. The predicted octanol–water partition coefficient (Wildman–Crippen LogP) is 0.648. The second kappa shape index (κ2) is 7.29. The molecule has 0 aromatic rings. The third kappa shape index (κ3) is 5.19. The van der Waals surface area contributed by atoms with Crippen LogP contribution < -0.4 is 10.6 Å². The quantitative estimate of drug-likeness (QED) is 0.599. The van der Waals surface area contributed by atoms with Crippen molar-refractivity contribution in [1.82, 2.24) is 10.6 Å². The molecule has 0 heterocycles. The van der Waals surface area contributed by atoms with Gasteiger partial charge in [0.25, 0.3) is 0 Å². The first-order valence-electron chi connectivity index (χ1n) is 6.00. The van der Waals surface area contributed by atoms with Gasteiger partial charge in [0.2, 0.25) is 0 Å². The Kier molecular flexibility index (Phi) is 6.00. The van der Waals surface area contributed by atoms with Crippen LogP contribution >= 0.6 is 0 Å². The van der Waals surface area contributed by atoms with Crippen LogP contribution in [0.2, 0.25) is 0 Å². The van der Waals surface area contributed by atoms with E-state index in [9.17, 15) is 4.79 Å². The van der Waals surface area contributed by atoms with E-state index >= 15 is 0 Å². The fourth-order valence-corrected chi connectivity index (χ4v) is 1.82. The number of nitrogens with one attached hydrogen (secondary N) is 2. The Hall–Kier alpha value is -1.07. The molecule has 0 aliphatic heterocycles. The number of aliphatic hydroxyl groups excluding tert-OH is 1. The van der Waals surface area contributed by atoms with Crippen molar-refractivity contribution in [3.05, 3.63) is 12.2 Å². The minimum Gasteiger partial charge on any atom is -0.396 e. The third-order valence-corrected chi connectivity index (χ3v) is 2.86. The number of aliphatic hydroxyl groups is 1. The van der Waals surface area contributed by atoms with Crippen LogP contribution in [0.4, 0.5) is 4.79 Å². The van der Waals surface area contributed by atoms with Crippen molar-refractivity contribution in [1.29, 1.82) is 0 Å². The van der Waals surface area contributed by atoms with Crippen molar-refractivity contribution in [3.63, 3.8) is 0 Å². The fraction of sp³-hybridized carbons (Fsp3) is 0.750. The summed E-state index contributed by atoms with van der Waals surface area (Å²) in [6, 6.07) is -0.0439. The minimum absolute atomic E-state index is 0.0294. The van der Waals surface area contributed by atoms with Crippen LogP contribution in [0.15, 0.2) is 12.2 Å². The standard InChI is InChI=1S/C12H22N2O3/c1-9(5-6-17-2)13-12(16)14-11-4-3-10(7-11)8-15/h3-4,9-11,15H,5-8H2,1-2H3,(H2,13,14,16)/t9?,10-,11+/m0/s1. The van der Waals surface area contributed by atoms with E-state index in [0.29, 0.717) is 6.61 Å². The van der Waals surface area contributed by atoms with Gasteiger partial charge in [-0.2, -0.15) is 0 Å². The summed E-state index contributed by atoms with van der Waals surface area (Å²) in [4.78, 5) is 11.6. The summed E-state index contributed by atoms with van der Waals surface area (Å²) in [5.74, 6) is 0.172. The summed E-state index contributed by atoms with van der Waals surface area (Å²) in [6.07, 6.45) is 5.44. The van der Waals surface area contributed by atoms with Crippen molar-refractivity contribution >= 4 is 6.03 Å². The van der Waals surface area contributed by atoms with Crippen molar-refractivity contribution in [2.24, 2.45) is 5.92 Å². The van der Waals surface area contributed by atoms with E-state index < -0.39 is 0 Å². The second-order valence-corrected chi connectivity index (χ2v) is 4.47. The van der Waals surface area contributed by atoms with Crippen LogP contribution in [0.3, 0.4) is 0 Å². The van der Waals surface area contributed by atoms with E-state index in [0.717, 1.165) is 12.8 Å². The molecule has 1 aliphatic carbocycles. The van der Waals surface area contributed by atoms with E-state index in [1.54, 1.807) is 7.11 Å². The molecule has 3 N–H and O–H groups in total. The number of carbonyl (C=O) groups is 1. The van der Waals surface area contributed by atoms with Crippen LogP contribution in [0.1, 0.15) is 19.8 Å². The van der Waals surface area contributed by atoms with Crippen molar-refractivity contribution in [2.45, 2.75) is 31.8 Å². The number of hydrogen-bond acceptors (Lipinski definition) is 3. The van der Waals surface area contributed by atoms with E-state index in [1.165, 1.54) is 0 Å². The summed E-state index contributed by atoms with van der Waals surface area (Å²) in [5, 5.41) is 14.7. The lowest BCUT2D eigenvalue weighted by Gasteiger charge is -2.17. The first-order chi connectivity index (χ1) is 8.15. The first-order valence-corrected chi connectivity index (χ1v) is 6.00. The Balaban J connectivity index is 2.19. The summed E-state index contributed by atoms with van der Waals surface area (Å²) in [5.41, 5.74) is 0. The maximum Gasteiger partial charge on any atom is 0.315 e. The molecule has 0 radical (unpaired) electrons. The van der Waals surface area contributed by atoms with Gasteiger partial charge in [-0.15, -0.1) is 0 Å². The van der Waals surface area contributed by atoms with Crippen molar-refractivity contribution in [3.8, 4) is 0 Å². The third-order valence-electron chi connectivity index (χ3n) is 2.86. The highest BCUT2D eigenvalue weighted by Crippen LogP contribution is 2.16. The highest BCUT2D eigenvalue weighted by Gasteiger charge is 2.19. The Labute approximate surface area is 102 Å². The van der Waals surface area contributed by atoms with Gasteiger partial charge >= 0.3 is 6.03 Å². The smallest absolute Gasteiger partial charge is 0.315 e. The van der Waals surface area contributed by atoms with Gasteiger partial charge in [-0.25, -0.2) is 4.79 Å². The molecule has 0 saturated heterocycles. The van der Waals surface area contributed by atoms with Crippen molar-refractivity contribution in [2.75, 3.05) is 20.3 Å². The Bertz CT molecular complexity index is 268. The highest BCUT2D eigenvalue weighted by molar-refractivity contribution is 5.74. The maximum atomic E-state index is 11.6. The van der Waals surface area contributed by atoms with Gasteiger partial charge in [0, 0.05) is 38.3 Å². The molecule has 1 unspecified atom stereocenters. The molecule has 5 heteroatoms. The topological polar surface area (TPSA) is 70.6 Å². The van der Waals surface area contributed by atoms with Crippen LogP contribution in [-0.4, -0.2) is 43.5 Å². The number of methoxy groups -OCH3 is 1. The minimum atomic E-state index is -0.165. The second-order valence-electron chi connectivity index (χ2n) is 4.47. The van der Waals surface area contributed by atoms with Crippen molar-refractivity contribution < 1.29 is 14.6 Å². The fourth-order valence-electron chi connectivity index (χ4n) is 1.82.